The zero-order chi connectivity index (χ0) is 19.6. The van der Waals surface area contributed by atoms with E-state index in [1.54, 1.807) is 11.8 Å². The summed E-state index contributed by atoms with van der Waals surface area (Å²) in [5.41, 5.74) is 0.921. The monoisotopic (exact) mass is 407 g/mol. The molecule has 1 fully saturated rings. The average molecular weight is 408 g/mol. The smallest absolute Gasteiger partial charge is 0.305 e. The van der Waals surface area contributed by atoms with E-state index in [1.165, 1.54) is 11.8 Å². The van der Waals surface area contributed by atoms with E-state index in [2.05, 4.69) is 6.92 Å². The third-order valence-electron chi connectivity index (χ3n) is 3.89. The van der Waals surface area contributed by atoms with Gasteiger partial charge < -0.3 is 9.47 Å². The number of unbranched alkanes of at least 4 members (excludes halogenated alkanes) is 1. The second kappa shape index (κ2) is 11.1. The van der Waals surface area contributed by atoms with Crippen molar-refractivity contribution < 1.29 is 19.1 Å². The van der Waals surface area contributed by atoms with Gasteiger partial charge >= 0.3 is 5.97 Å². The molecule has 0 aliphatic carbocycles. The molecule has 1 aliphatic heterocycles. The maximum Gasteiger partial charge on any atom is 0.305 e. The molecule has 0 spiro atoms. The number of thioether (sulfide) groups is 1. The lowest BCUT2D eigenvalue weighted by Crippen LogP contribution is -2.29. The van der Waals surface area contributed by atoms with Gasteiger partial charge in [0.2, 0.25) is 0 Å². The predicted molar refractivity (Wildman–Crippen MR) is 113 cm³/mol. The van der Waals surface area contributed by atoms with Crippen molar-refractivity contribution in [3.63, 3.8) is 0 Å². The Morgan fingerprint density at radius 3 is 2.63 bits per heavy atom. The number of nitrogens with zero attached hydrogens (tertiary/aromatic N) is 1. The molecule has 0 bridgehead atoms. The van der Waals surface area contributed by atoms with Gasteiger partial charge in [0.1, 0.15) is 10.1 Å². The van der Waals surface area contributed by atoms with Crippen molar-refractivity contribution in [1.82, 2.24) is 4.90 Å². The Morgan fingerprint density at radius 1 is 1.22 bits per heavy atom. The Hall–Kier alpha value is -1.86. The Kier molecular flexibility index (Phi) is 8.81. The summed E-state index contributed by atoms with van der Waals surface area (Å²) < 4.78 is 11.1. The number of thiocarbonyl (C=S) groups is 1. The lowest BCUT2D eigenvalue weighted by molar-refractivity contribution is -0.143. The molecule has 0 atom stereocenters. The highest BCUT2D eigenvalue weighted by Crippen LogP contribution is 2.33. The van der Waals surface area contributed by atoms with Crippen molar-refractivity contribution in [1.29, 1.82) is 0 Å². The molecule has 1 aliphatic rings. The van der Waals surface area contributed by atoms with Crippen LogP contribution in [-0.2, 0) is 14.3 Å². The van der Waals surface area contributed by atoms with Crippen molar-refractivity contribution in [2.45, 2.75) is 39.5 Å². The van der Waals surface area contributed by atoms with Gasteiger partial charge in [0.25, 0.3) is 5.91 Å². The molecule has 27 heavy (non-hydrogen) atoms. The summed E-state index contributed by atoms with van der Waals surface area (Å²) in [5, 5.41) is 0. The largest absolute Gasteiger partial charge is 0.494 e. The molecule has 1 aromatic carbocycles. The van der Waals surface area contributed by atoms with Crippen LogP contribution >= 0.6 is 24.0 Å². The molecule has 0 unspecified atom stereocenters. The molecular weight excluding hydrogens is 382 g/mol. The van der Waals surface area contributed by atoms with Crippen LogP contribution < -0.4 is 4.74 Å². The first-order valence-corrected chi connectivity index (χ1v) is 10.4. The number of hydrogen-bond donors (Lipinski definition) is 0. The van der Waals surface area contributed by atoms with Gasteiger partial charge in [-0.3, -0.25) is 14.5 Å². The third kappa shape index (κ3) is 6.66. The highest BCUT2D eigenvalue weighted by Gasteiger charge is 2.31. The zero-order valence-electron chi connectivity index (χ0n) is 15.7. The van der Waals surface area contributed by atoms with Crippen LogP contribution in [-0.4, -0.2) is 40.9 Å². The van der Waals surface area contributed by atoms with Crippen molar-refractivity contribution in [3.8, 4) is 5.75 Å². The molecule has 1 amide bonds. The number of benzene rings is 1. The summed E-state index contributed by atoms with van der Waals surface area (Å²) in [5.74, 6) is 0.462. The minimum Gasteiger partial charge on any atom is -0.494 e. The molecule has 1 aromatic rings. The normalized spacial score (nSPS) is 15.5. The van der Waals surface area contributed by atoms with E-state index in [0.29, 0.717) is 35.4 Å². The first-order valence-electron chi connectivity index (χ1n) is 9.19. The maximum atomic E-state index is 12.6. The van der Waals surface area contributed by atoms with Crippen LogP contribution in [0.5, 0.6) is 5.75 Å². The summed E-state index contributed by atoms with van der Waals surface area (Å²) in [6.07, 6.45) is 4.77. The molecular formula is C20H25NO4S2. The van der Waals surface area contributed by atoms with Crippen LogP contribution in [0, 0.1) is 0 Å². The van der Waals surface area contributed by atoms with Gasteiger partial charge in [-0.1, -0.05) is 49.5 Å². The molecule has 7 heteroatoms. The van der Waals surface area contributed by atoms with Gasteiger partial charge in [0.05, 0.1) is 18.1 Å². The lowest BCUT2D eigenvalue weighted by atomic mass is 10.2. The van der Waals surface area contributed by atoms with Crippen molar-refractivity contribution in [2.75, 3.05) is 19.8 Å². The topological polar surface area (TPSA) is 55.8 Å². The molecule has 0 aromatic heterocycles. The number of carbonyl (C=O) groups excluding carboxylic acids is 2. The first kappa shape index (κ1) is 21.4. The van der Waals surface area contributed by atoms with E-state index in [0.717, 1.165) is 24.2 Å². The van der Waals surface area contributed by atoms with Crippen molar-refractivity contribution in [2.24, 2.45) is 0 Å². The predicted octanol–water partition coefficient (Wildman–Crippen LogP) is 4.41. The molecule has 0 radical (unpaired) electrons. The highest BCUT2D eigenvalue weighted by atomic mass is 32.2. The van der Waals surface area contributed by atoms with E-state index >= 15 is 0 Å². The van der Waals surface area contributed by atoms with Crippen LogP contribution in [0.25, 0.3) is 6.08 Å². The SMILES string of the molecule is CCCCOc1ccc(/C=C2\SC(=S)N(CCCC(=O)OCC)C2=O)cc1. The van der Waals surface area contributed by atoms with E-state index < -0.39 is 0 Å². The minimum atomic E-state index is -0.250. The number of carbonyl (C=O) groups is 2. The molecule has 5 nitrogen and oxygen atoms in total. The van der Waals surface area contributed by atoms with Crippen LogP contribution in [0.1, 0.15) is 45.1 Å². The zero-order valence-corrected chi connectivity index (χ0v) is 17.4. The Labute approximate surface area is 170 Å². The van der Waals surface area contributed by atoms with Gasteiger partial charge in [-0.15, -0.1) is 0 Å². The number of hydrogen-bond acceptors (Lipinski definition) is 6. The summed E-state index contributed by atoms with van der Waals surface area (Å²) >= 11 is 6.60. The van der Waals surface area contributed by atoms with E-state index in [-0.39, 0.29) is 18.3 Å². The fraction of sp³-hybridized carbons (Fsp3) is 0.450. The molecule has 146 valence electrons. The van der Waals surface area contributed by atoms with Gasteiger partial charge in [0, 0.05) is 13.0 Å². The van der Waals surface area contributed by atoms with Crippen LogP contribution in [0.15, 0.2) is 29.2 Å². The maximum absolute atomic E-state index is 12.6. The third-order valence-corrected chi connectivity index (χ3v) is 5.26. The average Bonchev–Trinajstić information content (AvgIpc) is 2.91. The Morgan fingerprint density at radius 2 is 1.96 bits per heavy atom. The Balaban J connectivity index is 1.92. The highest BCUT2D eigenvalue weighted by molar-refractivity contribution is 8.26. The second-order valence-corrected chi connectivity index (χ2v) is 7.69. The number of esters is 1. The van der Waals surface area contributed by atoms with Crippen molar-refractivity contribution in [3.05, 3.63) is 34.7 Å². The first-order chi connectivity index (χ1) is 13.0. The van der Waals surface area contributed by atoms with Crippen LogP contribution in [0.2, 0.25) is 0 Å². The quantitative estimate of drug-likeness (QED) is 0.248. The molecule has 1 heterocycles. The Bertz CT molecular complexity index is 700. The molecule has 2 rings (SSSR count). The summed E-state index contributed by atoms with van der Waals surface area (Å²) in [7, 11) is 0. The van der Waals surface area contributed by atoms with Crippen LogP contribution in [0.4, 0.5) is 0 Å². The van der Waals surface area contributed by atoms with E-state index in [9.17, 15) is 9.59 Å². The van der Waals surface area contributed by atoms with Gasteiger partial charge in [-0.2, -0.15) is 0 Å². The second-order valence-electron chi connectivity index (χ2n) is 6.01. The number of rotatable bonds is 10. The fourth-order valence-corrected chi connectivity index (χ4v) is 3.76. The minimum absolute atomic E-state index is 0.114. The van der Waals surface area contributed by atoms with E-state index in [4.69, 9.17) is 21.7 Å². The summed E-state index contributed by atoms with van der Waals surface area (Å²) in [6.45, 7) is 5.39. The number of ether oxygens (including phenoxy) is 2. The van der Waals surface area contributed by atoms with Crippen LogP contribution in [0.3, 0.4) is 0 Å². The van der Waals surface area contributed by atoms with Gasteiger partial charge in [-0.05, 0) is 43.5 Å². The molecule has 1 saturated heterocycles. The standard InChI is InChI=1S/C20H25NO4S2/c1-3-5-13-25-16-10-8-15(9-11-16)14-17-19(23)21(20(26)27-17)12-6-7-18(22)24-4-2/h8-11,14H,3-7,12-13H2,1-2H3/b17-14-. The van der Waals surface area contributed by atoms with E-state index in [1.807, 2.05) is 30.3 Å². The molecule has 0 saturated carbocycles. The summed E-state index contributed by atoms with van der Waals surface area (Å²) in [6, 6.07) is 7.66. The van der Waals surface area contributed by atoms with Gasteiger partial charge in [-0.25, -0.2) is 0 Å². The number of amides is 1. The lowest BCUT2D eigenvalue weighted by Gasteiger charge is -2.13. The fourth-order valence-electron chi connectivity index (χ4n) is 2.45. The summed E-state index contributed by atoms with van der Waals surface area (Å²) in [4.78, 5) is 26.1. The van der Waals surface area contributed by atoms with Gasteiger partial charge in [0.15, 0.2) is 0 Å². The molecule has 0 N–H and O–H groups in total. The van der Waals surface area contributed by atoms with Crippen molar-refractivity contribution >= 4 is 46.3 Å².